The number of amides is 1. The lowest BCUT2D eigenvalue weighted by molar-refractivity contribution is -0.117. The molecule has 0 unspecified atom stereocenters. The van der Waals surface area contributed by atoms with Crippen LogP contribution in [0.5, 0.6) is 0 Å². The molecule has 1 aliphatic heterocycles. The molecule has 0 atom stereocenters. The van der Waals surface area contributed by atoms with Gasteiger partial charge in [-0.15, -0.1) is 0 Å². The van der Waals surface area contributed by atoms with Crippen molar-refractivity contribution in [3.63, 3.8) is 0 Å². The molecule has 5 heteroatoms. The highest BCUT2D eigenvalue weighted by Crippen LogP contribution is 2.15. The van der Waals surface area contributed by atoms with Crippen molar-refractivity contribution in [1.29, 1.82) is 0 Å². The van der Waals surface area contributed by atoms with Crippen LogP contribution in [0, 0.1) is 3.57 Å². The predicted molar refractivity (Wildman–Crippen MR) is 103 cm³/mol. The average molecular weight is 421 g/mol. The lowest BCUT2D eigenvalue weighted by atomic mass is 10.2. The van der Waals surface area contributed by atoms with Gasteiger partial charge in [0, 0.05) is 41.1 Å². The van der Waals surface area contributed by atoms with Gasteiger partial charge in [0.15, 0.2) is 0 Å². The topological polar surface area (TPSA) is 35.6 Å². The summed E-state index contributed by atoms with van der Waals surface area (Å²) < 4.78 is 1.16. The Morgan fingerprint density at radius 3 is 2.26 bits per heavy atom. The van der Waals surface area contributed by atoms with Gasteiger partial charge in [-0.25, -0.2) is 0 Å². The number of piperazine rings is 1. The van der Waals surface area contributed by atoms with E-state index in [0.29, 0.717) is 6.54 Å². The van der Waals surface area contributed by atoms with E-state index in [2.05, 4.69) is 62.0 Å². The number of nitrogens with one attached hydrogen (secondary N) is 1. The quantitative estimate of drug-likeness (QED) is 0.772. The van der Waals surface area contributed by atoms with Crippen molar-refractivity contribution in [2.75, 3.05) is 42.9 Å². The molecule has 0 aliphatic carbocycles. The molecule has 1 amide bonds. The molecule has 2 aromatic rings. The Labute approximate surface area is 150 Å². The third-order valence-corrected chi connectivity index (χ3v) is 4.71. The minimum absolute atomic E-state index is 0.0550. The molecular formula is C18H20IN3O. The summed E-state index contributed by atoms with van der Waals surface area (Å²) in [4.78, 5) is 16.7. The number of para-hydroxylation sites is 1. The maximum absolute atomic E-state index is 12.1. The molecule has 0 aromatic heterocycles. The van der Waals surface area contributed by atoms with Gasteiger partial charge in [-0.2, -0.15) is 0 Å². The molecule has 1 fully saturated rings. The number of rotatable bonds is 4. The van der Waals surface area contributed by atoms with E-state index in [0.717, 1.165) is 35.4 Å². The number of nitrogens with zero attached hydrogens (tertiary/aromatic N) is 2. The summed E-state index contributed by atoms with van der Waals surface area (Å²) in [5, 5.41) is 2.96. The monoisotopic (exact) mass is 421 g/mol. The van der Waals surface area contributed by atoms with Crippen LogP contribution < -0.4 is 10.2 Å². The van der Waals surface area contributed by atoms with E-state index in [9.17, 15) is 4.79 Å². The zero-order valence-corrected chi connectivity index (χ0v) is 15.1. The fraction of sp³-hybridized carbons (Fsp3) is 0.278. The van der Waals surface area contributed by atoms with Crippen molar-refractivity contribution in [2.45, 2.75) is 0 Å². The van der Waals surface area contributed by atoms with Gasteiger partial charge in [0.05, 0.1) is 6.54 Å². The fourth-order valence-electron chi connectivity index (χ4n) is 2.74. The van der Waals surface area contributed by atoms with Gasteiger partial charge in [-0.3, -0.25) is 9.69 Å². The van der Waals surface area contributed by atoms with Crippen LogP contribution in [0.3, 0.4) is 0 Å². The average Bonchev–Trinajstić information content (AvgIpc) is 2.58. The van der Waals surface area contributed by atoms with E-state index in [4.69, 9.17) is 0 Å². The molecule has 3 rings (SSSR count). The highest BCUT2D eigenvalue weighted by atomic mass is 127. The van der Waals surface area contributed by atoms with Crippen LogP contribution in [-0.2, 0) is 4.79 Å². The van der Waals surface area contributed by atoms with Crippen molar-refractivity contribution in [3.05, 3.63) is 58.2 Å². The second-order valence-electron chi connectivity index (χ2n) is 5.65. The molecule has 1 aliphatic rings. The van der Waals surface area contributed by atoms with Crippen LogP contribution in [0.1, 0.15) is 0 Å². The summed E-state index contributed by atoms with van der Waals surface area (Å²) in [6, 6.07) is 18.3. The number of carbonyl (C=O) groups excluding carboxylic acids is 1. The van der Waals surface area contributed by atoms with E-state index in [1.54, 1.807) is 0 Å². The van der Waals surface area contributed by atoms with Crippen molar-refractivity contribution in [2.24, 2.45) is 0 Å². The first-order chi connectivity index (χ1) is 11.2. The number of hydrogen-bond donors (Lipinski definition) is 1. The molecule has 2 aromatic carbocycles. The predicted octanol–water partition coefficient (Wildman–Crippen LogP) is 3.05. The Morgan fingerprint density at radius 2 is 1.61 bits per heavy atom. The zero-order chi connectivity index (χ0) is 16.1. The molecule has 0 saturated carbocycles. The molecule has 4 nitrogen and oxygen atoms in total. The number of hydrogen-bond acceptors (Lipinski definition) is 3. The Kier molecular flexibility index (Phi) is 5.51. The Bertz CT molecular complexity index is 637. The zero-order valence-electron chi connectivity index (χ0n) is 12.9. The normalized spacial score (nSPS) is 15.4. The van der Waals surface area contributed by atoms with E-state index >= 15 is 0 Å². The number of anilines is 2. The van der Waals surface area contributed by atoms with E-state index < -0.39 is 0 Å². The van der Waals surface area contributed by atoms with Crippen LogP contribution in [0.2, 0.25) is 0 Å². The molecular weight excluding hydrogens is 401 g/mol. The van der Waals surface area contributed by atoms with Gasteiger partial charge in [-0.05, 0) is 59.0 Å². The molecule has 120 valence electrons. The van der Waals surface area contributed by atoms with Gasteiger partial charge in [0.25, 0.3) is 0 Å². The maximum atomic E-state index is 12.1. The lowest BCUT2D eigenvalue weighted by Gasteiger charge is -2.35. The standard InChI is InChI=1S/C18H20IN3O/c19-15-6-8-16(9-7-15)20-18(23)14-21-10-12-22(13-11-21)17-4-2-1-3-5-17/h1-9H,10-14H2,(H,20,23). The van der Waals surface area contributed by atoms with Gasteiger partial charge in [0.1, 0.15) is 0 Å². The Morgan fingerprint density at radius 1 is 0.957 bits per heavy atom. The summed E-state index contributed by atoms with van der Waals surface area (Å²) in [5.74, 6) is 0.0550. The van der Waals surface area contributed by atoms with Crippen molar-refractivity contribution >= 4 is 39.9 Å². The molecule has 0 spiro atoms. The van der Waals surface area contributed by atoms with Crippen molar-refractivity contribution in [1.82, 2.24) is 4.90 Å². The highest BCUT2D eigenvalue weighted by molar-refractivity contribution is 14.1. The maximum Gasteiger partial charge on any atom is 0.238 e. The van der Waals surface area contributed by atoms with Crippen molar-refractivity contribution in [3.8, 4) is 0 Å². The molecule has 1 N–H and O–H groups in total. The van der Waals surface area contributed by atoms with E-state index in [1.165, 1.54) is 5.69 Å². The minimum Gasteiger partial charge on any atom is -0.369 e. The smallest absolute Gasteiger partial charge is 0.238 e. The van der Waals surface area contributed by atoms with Gasteiger partial charge >= 0.3 is 0 Å². The highest BCUT2D eigenvalue weighted by Gasteiger charge is 2.19. The molecule has 0 bridgehead atoms. The molecule has 0 radical (unpaired) electrons. The largest absolute Gasteiger partial charge is 0.369 e. The first-order valence-corrected chi connectivity index (χ1v) is 8.86. The van der Waals surface area contributed by atoms with Crippen LogP contribution >= 0.6 is 22.6 Å². The summed E-state index contributed by atoms with van der Waals surface area (Å²) in [7, 11) is 0. The van der Waals surface area contributed by atoms with Gasteiger partial charge in [-0.1, -0.05) is 18.2 Å². The number of benzene rings is 2. The number of halogens is 1. The fourth-order valence-corrected chi connectivity index (χ4v) is 3.10. The molecule has 23 heavy (non-hydrogen) atoms. The number of carbonyl (C=O) groups is 1. The molecule has 1 saturated heterocycles. The SMILES string of the molecule is O=C(CN1CCN(c2ccccc2)CC1)Nc1ccc(I)cc1. The second kappa shape index (κ2) is 7.79. The van der Waals surface area contributed by atoms with Crippen LogP contribution in [0.25, 0.3) is 0 Å². The third kappa shape index (κ3) is 4.68. The lowest BCUT2D eigenvalue weighted by Crippen LogP contribution is -2.48. The van der Waals surface area contributed by atoms with Crippen LogP contribution in [-0.4, -0.2) is 43.5 Å². The first kappa shape index (κ1) is 16.3. The summed E-state index contributed by atoms with van der Waals surface area (Å²) in [5.41, 5.74) is 2.12. The Balaban J connectivity index is 1.47. The summed E-state index contributed by atoms with van der Waals surface area (Å²) in [6.45, 7) is 4.19. The summed E-state index contributed by atoms with van der Waals surface area (Å²) >= 11 is 2.26. The van der Waals surface area contributed by atoms with Gasteiger partial charge in [0.2, 0.25) is 5.91 Å². The molecule has 1 heterocycles. The third-order valence-electron chi connectivity index (χ3n) is 3.99. The van der Waals surface area contributed by atoms with E-state index in [-0.39, 0.29) is 5.91 Å². The van der Waals surface area contributed by atoms with Gasteiger partial charge < -0.3 is 10.2 Å². The van der Waals surface area contributed by atoms with E-state index in [1.807, 2.05) is 30.3 Å². The summed E-state index contributed by atoms with van der Waals surface area (Å²) in [6.07, 6.45) is 0. The minimum atomic E-state index is 0.0550. The Hall–Kier alpha value is -1.60. The van der Waals surface area contributed by atoms with Crippen LogP contribution in [0.4, 0.5) is 11.4 Å². The first-order valence-electron chi connectivity index (χ1n) is 7.78. The van der Waals surface area contributed by atoms with Crippen molar-refractivity contribution < 1.29 is 4.79 Å². The van der Waals surface area contributed by atoms with Crippen LogP contribution in [0.15, 0.2) is 54.6 Å². The second-order valence-corrected chi connectivity index (χ2v) is 6.90.